The van der Waals surface area contributed by atoms with Gasteiger partial charge in [-0.15, -0.1) is 0 Å². The summed E-state index contributed by atoms with van der Waals surface area (Å²) in [7, 11) is 0. The van der Waals surface area contributed by atoms with Gasteiger partial charge < -0.3 is 11.1 Å². The van der Waals surface area contributed by atoms with Crippen molar-refractivity contribution in [1.82, 2.24) is 10.2 Å². The van der Waals surface area contributed by atoms with Crippen molar-refractivity contribution >= 4 is 0 Å². The molecule has 0 bridgehead atoms. The summed E-state index contributed by atoms with van der Waals surface area (Å²) in [4.78, 5) is 2.57. The highest BCUT2D eigenvalue weighted by Gasteiger charge is 2.38. The van der Waals surface area contributed by atoms with Gasteiger partial charge in [0.1, 0.15) is 0 Å². The molecule has 3 N–H and O–H groups in total. The average Bonchev–Trinajstić information content (AvgIpc) is 2.74. The average molecular weight is 231 g/mol. The lowest BCUT2D eigenvalue weighted by Crippen LogP contribution is -2.57. The molecule has 92 valence electrons. The smallest absolute Gasteiger partial charge is 0.0641 e. The molecular weight excluding hydrogens is 210 g/mol. The summed E-state index contributed by atoms with van der Waals surface area (Å²) in [6.07, 6.45) is 3.92. The van der Waals surface area contributed by atoms with Crippen molar-refractivity contribution in [2.45, 2.75) is 37.5 Å². The number of nitrogens with two attached hydrogens (primary N) is 1. The topological polar surface area (TPSA) is 41.3 Å². The Kier molecular flexibility index (Phi) is 3.14. The Hall–Kier alpha value is -0.900. The van der Waals surface area contributed by atoms with Crippen LogP contribution < -0.4 is 11.1 Å². The van der Waals surface area contributed by atoms with Crippen molar-refractivity contribution in [3.8, 4) is 0 Å². The Balaban J connectivity index is 1.71. The van der Waals surface area contributed by atoms with E-state index in [2.05, 4.69) is 40.5 Å². The Bertz CT molecular complexity index is 365. The normalized spacial score (nSPS) is 33.6. The second-order valence-corrected chi connectivity index (χ2v) is 5.21. The summed E-state index contributed by atoms with van der Waals surface area (Å²) in [5.74, 6) is 0. The van der Waals surface area contributed by atoms with Crippen LogP contribution in [0.25, 0.3) is 0 Å². The molecule has 3 nitrogen and oxygen atoms in total. The minimum absolute atomic E-state index is 0.385. The van der Waals surface area contributed by atoms with Gasteiger partial charge >= 0.3 is 0 Å². The van der Waals surface area contributed by atoms with E-state index >= 15 is 0 Å². The van der Waals surface area contributed by atoms with Crippen molar-refractivity contribution in [2.24, 2.45) is 5.73 Å². The molecule has 1 unspecified atom stereocenters. The van der Waals surface area contributed by atoms with Gasteiger partial charge in [-0.25, -0.2) is 0 Å². The Morgan fingerprint density at radius 3 is 2.88 bits per heavy atom. The standard InChI is InChI=1S/C14H21N3/c15-12-7-9-17-13(12)6-8-16-14(17)10-11-4-2-1-3-5-11/h1-5,12-14,16H,6-10,15H2/t12-,13+,14?/m1/s1. The van der Waals surface area contributed by atoms with Crippen LogP contribution in [-0.2, 0) is 6.42 Å². The summed E-state index contributed by atoms with van der Waals surface area (Å²) < 4.78 is 0. The van der Waals surface area contributed by atoms with Crippen molar-refractivity contribution in [3.63, 3.8) is 0 Å². The largest absolute Gasteiger partial charge is 0.326 e. The third-order valence-electron chi connectivity index (χ3n) is 4.13. The molecule has 3 heteroatoms. The molecule has 3 rings (SSSR count). The molecule has 0 aliphatic carbocycles. The number of rotatable bonds is 2. The predicted molar refractivity (Wildman–Crippen MR) is 69.6 cm³/mol. The van der Waals surface area contributed by atoms with Crippen molar-refractivity contribution in [2.75, 3.05) is 13.1 Å². The van der Waals surface area contributed by atoms with E-state index in [0.29, 0.717) is 18.2 Å². The second kappa shape index (κ2) is 4.77. The highest BCUT2D eigenvalue weighted by Crippen LogP contribution is 2.25. The maximum Gasteiger partial charge on any atom is 0.0641 e. The van der Waals surface area contributed by atoms with Gasteiger partial charge in [-0.05, 0) is 24.9 Å². The van der Waals surface area contributed by atoms with Crippen LogP contribution in [0.4, 0.5) is 0 Å². The maximum atomic E-state index is 6.18. The van der Waals surface area contributed by atoms with Crippen LogP contribution in [0.2, 0.25) is 0 Å². The highest BCUT2D eigenvalue weighted by atomic mass is 15.3. The number of fused-ring (bicyclic) bond motifs is 1. The molecule has 2 aliphatic heterocycles. The zero-order chi connectivity index (χ0) is 11.7. The summed E-state index contributed by atoms with van der Waals surface area (Å²) in [5.41, 5.74) is 7.58. The number of nitrogens with one attached hydrogen (secondary N) is 1. The first-order valence-corrected chi connectivity index (χ1v) is 6.63. The van der Waals surface area contributed by atoms with Crippen LogP contribution in [0.5, 0.6) is 0 Å². The fraction of sp³-hybridized carbons (Fsp3) is 0.571. The molecule has 3 atom stereocenters. The maximum absolute atomic E-state index is 6.18. The molecule has 2 saturated heterocycles. The van der Waals surface area contributed by atoms with E-state index in [1.807, 2.05) is 0 Å². The molecule has 0 amide bonds. The van der Waals surface area contributed by atoms with Crippen LogP contribution in [0.1, 0.15) is 18.4 Å². The first-order valence-electron chi connectivity index (χ1n) is 6.63. The minimum atomic E-state index is 0.385. The fourth-order valence-corrected chi connectivity index (χ4v) is 3.21. The van der Waals surface area contributed by atoms with Crippen LogP contribution in [0.3, 0.4) is 0 Å². The third-order valence-corrected chi connectivity index (χ3v) is 4.13. The second-order valence-electron chi connectivity index (χ2n) is 5.21. The minimum Gasteiger partial charge on any atom is -0.326 e. The van der Waals surface area contributed by atoms with Gasteiger partial charge in [0.2, 0.25) is 0 Å². The SMILES string of the molecule is N[C@@H]1CCN2C(Cc3ccccc3)NCC[C@@H]12. The van der Waals surface area contributed by atoms with Crippen LogP contribution in [0.15, 0.2) is 30.3 Å². The lowest BCUT2D eigenvalue weighted by Gasteiger charge is -2.39. The highest BCUT2D eigenvalue weighted by molar-refractivity contribution is 5.16. The van der Waals surface area contributed by atoms with Crippen LogP contribution in [-0.4, -0.2) is 36.2 Å². The van der Waals surface area contributed by atoms with Crippen molar-refractivity contribution in [3.05, 3.63) is 35.9 Å². The lowest BCUT2D eigenvalue weighted by atomic mass is 10.0. The third kappa shape index (κ3) is 2.23. The molecule has 2 heterocycles. The van der Waals surface area contributed by atoms with Gasteiger partial charge in [-0.1, -0.05) is 30.3 Å². The van der Waals surface area contributed by atoms with Gasteiger partial charge in [-0.3, -0.25) is 4.90 Å². The van der Waals surface area contributed by atoms with E-state index in [1.54, 1.807) is 0 Å². The summed E-state index contributed by atoms with van der Waals surface area (Å²) in [6, 6.07) is 11.7. The predicted octanol–water partition coefficient (Wildman–Crippen LogP) is 0.950. The fourth-order valence-electron chi connectivity index (χ4n) is 3.21. The van der Waals surface area contributed by atoms with Crippen molar-refractivity contribution in [1.29, 1.82) is 0 Å². The number of nitrogens with zero attached hydrogens (tertiary/aromatic N) is 1. The van der Waals surface area contributed by atoms with Gasteiger partial charge in [0.05, 0.1) is 6.17 Å². The molecule has 2 fully saturated rings. The molecule has 1 aromatic carbocycles. The molecule has 0 radical (unpaired) electrons. The van der Waals surface area contributed by atoms with Crippen molar-refractivity contribution < 1.29 is 0 Å². The van der Waals surface area contributed by atoms with Gasteiger partial charge in [0.25, 0.3) is 0 Å². The summed E-state index contributed by atoms with van der Waals surface area (Å²) >= 11 is 0. The van der Waals surface area contributed by atoms with Gasteiger partial charge in [-0.2, -0.15) is 0 Å². The number of benzene rings is 1. The monoisotopic (exact) mass is 231 g/mol. The number of hydrogen-bond acceptors (Lipinski definition) is 3. The van der Waals surface area contributed by atoms with E-state index in [4.69, 9.17) is 5.73 Å². The molecule has 0 saturated carbocycles. The molecule has 2 aliphatic rings. The van der Waals surface area contributed by atoms with E-state index in [-0.39, 0.29) is 0 Å². The zero-order valence-electron chi connectivity index (χ0n) is 10.2. The molecule has 17 heavy (non-hydrogen) atoms. The number of hydrogen-bond donors (Lipinski definition) is 2. The van der Waals surface area contributed by atoms with Crippen LogP contribution in [0, 0.1) is 0 Å². The molecular formula is C14H21N3. The zero-order valence-corrected chi connectivity index (χ0v) is 10.2. The molecule has 0 spiro atoms. The Morgan fingerprint density at radius 1 is 1.24 bits per heavy atom. The lowest BCUT2D eigenvalue weighted by molar-refractivity contribution is 0.102. The quantitative estimate of drug-likeness (QED) is 0.796. The molecule has 0 aromatic heterocycles. The summed E-state index contributed by atoms with van der Waals surface area (Å²) in [6.45, 7) is 2.25. The molecule has 1 aromatic rings. The first kappa shape index (κ1) is 11.2. The van der Waals surface area contributed by atoms with Gasteiger partial charge in [0.15, 0.2) is 0 Å². The summed E-state index contributed by atoms with van der Waals surface area (Å²) in [5, 5.41) is 3.63. The van der Waals surface area contributed by atoms with E-state index < -0.39 is 0 Å². The Labute approximate surface area is 103 Å². The van der Waals surface area contributed by atoms with E-state index in [9.17, 15) is 0 Å². The van der Waals surface area contributed by atoms with E-state index in [0.717, 1.165) is 25.9 Å². The first-order chi connectivity index (χ1) is 8.34. The Morgan fingerprint density at radius 2 is 2.06 bits per heavy atom. The van der Waals surface area contributed by atoms with Gasteiger partial charge in [0, 0.05) is 25.0 Å². The van der Waals surface area contributed by atoms with E-state index in [1.165, 1.54) is 12.0 Å². The van der Waals surface area contributed by atoms with Crippen LogP contribution >= 0.6 is 0 Å².